The van der Waals surface area contributed by atoms with E-state index in [1.54, 1.807) is 6.20 Å². The Hall–Kier alpha value is -2.47. The summed E-state index contributed by atoms with van der Waals surface area (Å²) in [6.07, 6.45) is 2.96. The molecular weight excluding hydrogens is 306 g/mol. The molecule has 0 atom stereocenters. The number of carbonyl (C=O) groups excluding carboxylic acids is 1. The van der Waals surface area contributed by atoms with Gasteiger partial charge in [0.1, 0.15) is 12.1 Å². The van der Waals surface area contributed by atoms with Gasteiger partial charge in [0.15, 0.2) is 0 Å². The predicted octanol–water partition coefficient (Wildman–Crippen LogP) is 3.20. The van der Waals surface area contributed by atoms with E-state index in [0.29, 0.717) is 5.82 Å². The summed E-state index contributed by atoms with van der Waals surface area (Å²) in [5.74, 6) is -1.14. The van der Waals surface area contributed by atoms with Crippen molar-refractivity contribution in [1.29, 1.82) is 0 Å². The fourth-order valence-corrected chi connectivity index (χ4v) is 2.08. The van der Waals surface area contributed by atoms with Gasteiger partial charge in [0.2, 0.25) is 0 Å². The lowest BCUT2D eigenvalue weighted by atomic mass is 10.1. The number of hydrogen-bond donors (Lipinski definition) is 2. The molecular formula is C15H14ClN3O3. The van der Waals surface area contributed by atoms with Crippen molar-refractivity contribution >= 4 is 29.3 Å². The Morgan fingerprint density at radius 3 is 2.68 bits per heavy atom. The maximum absolute atomic E-state index is 12.3. The molecule has 0 saturated carbocycles. The Morgan fingerprint density at radius 2 is 2.05 bits per heavy atom. The topological polar surface area (TPSA) is 92.2 Å². The average Bonchev–Trinajstić information content (AvgIpc) is 2.47. The molecule has 1 amide bonds. The van der Waals surface area contributed by atoms with Crippen LogP contribution in [0.15, 0.2) is 30.7 Å². The van der Waals surface area contributed by atoms with Crippen LogP contribution in [0.5, 0.6) is 0 Å². The standard InChI is InChI=1S/C15H14ClN3O3/c1-8(2)11-6-17-7-18-13(11)19-14(20)10-5-9(15(21)22)3-4-12(10)16/h3-8H,1-2H3,(H,21,22)(H,17,18,19,20). The molecule has 22 heavy (non-hydrogen) atoms. The van der Waals surface area contributed by atoms with Gasteiger partial charge < -0.3 is 10.4 Å². The van der Waals surface area contributed by atoms with Gasteiger partial charge in [0.25, 0.3) is 5.91 Å². The number of aromatic nitrogens is 2. The number of amides is 1. The van der Waals surface area contributed by atoms with E-state index in [9.17, 15) is 9.59 Å². The Balaban J connectivity index is 2.34. The van der Waals surface area contributed by atoms with Gasteiger partial charge >= 0.3 is 5.97 Å². The van der Waals surface area contributed by atoms with Crippen molar-refractivity contribution in [2.24, 2.45) is 0 Å². The number of hydrogen-bond acceptors (Lipinski definition) is 4. The molecule has 6 nitrogen and oxygen atoms in total. The number of rotatable bonds is 4. The number of carbonyl (C=O) groups is 2. The number of halogens is 1. The second-order valence-corrected chi connectivity index (χ2v) is 5.34. The summed E-state index contributed by atoms with van der Waals surface area (Å²) in [6.45, 7) is 3.90. The molecule has 0 aliphatic rings. The average molecular weight is 320 g/mol. The van der Waals surface area contributed by atoms with E-state index in [2.05, 4.69) is 15.3 Å². The third kappa shape index (κ3) is 3.40. The van der Waals surface area contributed by atoms with Crippen LogP contribution in [0.2, 0.25) is 5.02 Å². The van der Waals surface area contributed by atoms with Gasteiger partial charge in [-0.25, -0.2) is 14.8 Å². The van der Waals surface area contributed by atoms with Gasteiger partial charge in [-0.15, -0.1) is 0 Å². The number of benzene rings is 1. The fraction of sp³-hybridized carbons (Fsp3) is 0.200. The molecule has 0 bridgehead atoms. The molecule has 0 fully saturated rings. The third-order valence-electron chi connectivity index (χ3n) is 3.05. The van der Waals surface area contributed by atoms with Crippen LogP contribution < -0.4 is 5.32 Å². The summed E-state index contributed by atoms with van der Waals surface area (Å²) in [5.41, 5.74) is 0.845. The molecule has 0 aliphatic carbocycles. The maximum Gasteiger partial charge on any atom is 0.335 e. The molecule has 1 aromatic heterocycles. The van der Waals surface area contributed by atoms with Gasteiger partial charge in [-0.05, 0) is 24.1 Å². The number of carboxylic acids is 1. The molecule has 2 aromatic rings. The van der Waals surface area contributed by atoms with Gasteiger partial charge in [0.05, 0.1) is 16.1 Å². The van der Waals surface area contributed by atoms with E-state index in [1.165, 1.54) is 24.5 Å². The van der Waals surface area contributed by atoms with Crippen molar-refractivity contribution in [3.05, 3.63) is 52.4 Å². The zero-order valence-corrected chi connectivity index (χ0v) is 12.8. The van der Waals surface area contributed by atoms with Crippen molar-refractivity contribution in [1.82, 2.24) is 9.97 Å². The zero-order valence-electron chi connectivity index (χ0n) is 12.0. The van der Waals surface area contributed by atoms with E-state index in [1.807, 2.05) is 13.8 Å². The first kappa shape index (κ1) is 15.9. The summed E-state index contributed by atoms with van der Waals surface area (Å²) in [5, 5.41) is 11.8. The van der Waals surface area contributed by atoms with Crippen LogP contribution in [0, 0.1) is 0 Å². The van der Waals surface area contributed by atoms with Crippen molar-refractivity contribution in [2.45, 2.75) is 19.8 Å². The van der Waals surface area contributed by atoms with Crippen LogP contribution in [0.1, 0.15) is 46.0 Å². The Kier molecular flexibility index (Phi) is 4.72. The van der Waals surface area contributed by atoms with Gasteiger partial charge in [0, 0.05) is 11.8 Å². The molecule has 0 unspecified atom stereocenters. The van der Waals surface area contributed by atoms with Crippen LogP contribution in [-0.4, -0.2) is 27.0 Å². The smallest absolute Gasteiger partial charge is 0.335 e. The minimum absolute atomic E-state index is 0.0127. The van der Waals surface area contributed by atoms with Crippen LogP contribution in [0.4, 0.5) is 5.82 Å². The first-order chi connectivity index (χ1) is 10.4. The number of carboxylic acid groups (broad SMARTS) is 1. The second kappa shape index (κ2) is 6.53. The van der Waals surface area contributed by atoms with E-state index in [4.69, 9.17) is 16.7 Å². The Labute approximate surface area is 132 Å². The number of anilines is 1. The molecule has 0 radical (unpaired) electrons. The summed E-state index contributed by atoms with van der Waals surface area (Å²) < 4.78 is 0. The van der Waals surface area contributed by atoms with E-state index in [0.717, 1.165) is 5.56 Å². The SMILES string of the molecule is CC(C)c1cncnc1NC(=O)c1cc(C(=O)O)ccc1Cl. The Morgan fingerprint density at radius 1 is 1.32 bits per heavy atom. The minimum atomic E-state index is -1.13. The lowest BCUT2D eigenvalue weighted by molar-refractivity contribution is 0.0697. The van der Waals surface area contributed by atoms with Crippen molar-refractivity contribution in [2.75, 3.05) is 5.32 Å². The van der Waals surface area contributed by atoms with Crippen molar-refractivity contribution in [3.8, 4) is 0 Å². The lowest BCUT2D eigenvalue weighted by Crippen LogP contribution is -2.16. The second-order valence-electron chi connectivity index (χ2n) is 4.94. The molecule has 7 heteroatoms. The highest BCUT2D eigenvalue weighted by atomic mass is 35.5. The van der Waals surface area contributed by atoms with Crippen molar-refractivity contribution < 1.29 is 14.7 Å². The highest BCUT2D eigenvalue weighted by Gasteiger charge is 2.17. The molecule has 1 heterocycles. The van der Waals surface area contributed by atoms with E-state index < -0.39 is 11.9 Å². The summed E-state index contributed by atoms with van der Waals surface area (Å²) >= 11 is 5.98. The normalized spacial score (nSPS) is 10.5. The monoisotopic (exact) mass is 319 g/mol. The third-order valence-corrected chi connectivity index (χ3v) is 3.38. The minimum Gasteiger partial charge on any atom is -0.478 e. The van der Waals surface area contributed by atoms with Gasteiger partial charge in [-0.3, -0.25) is 4.79 Å². The Bertz CT molecular complexity index is 732. The first-order valence-corrected chi connectivity index (χ1v) is 6.92. The molecule has 0 saturated heterocycles. The maximum atomic E-state index is 12.3. The van der Waals surface area contributed by atoms with Crippen LogP contribution in [-0.2, 0) is 0 Å². The molecule has 114 valence electrons. The zero-order chi connectivity index (χ0) is 16.3. The van der Waals surface area contributed by atoms with Gasteiger partial charge in [-0.1, -0.05) is 25.4 Å². The summed E-state index contributed by atoms with van der Waals surface area (Å²) in [7, 11) is 0. The summed E-state index contributed by atoms with van der Waals surface area (Å²) in [6, 6.07) is 3.95. The van der Waals surface area contributed by atoms with E-state index >= 15 is 0 Å². The number of aromatic carboxylic acids is 1. The predicted molar refractivity (Wildman–Crippen MR) is 82.5 cm³/mol. The summed E-state index contributed by atoms with van der Waals surface area (Å²) in [4.78, 5) is 31.3. The molecule has 1 aromatic carbocycles. The molecule has 2 rings (SSSR count). The quantitative estimate of drug-likeness (QED) is 0.902. The molecule has 0 spiro atoms. The molecule has 2 N–H and O–H groups in total. The fourth-order valence-electron chi connectivity index (χ4n) is 1.87. The first-order valence-electron chi connectivity index (χ1n) is 6.54. The van der Waals surface area contributed by atoms with Gasteiger partial charge in [-0.2, -0.15) is 0 Å². The molecule has 0 aliphatic heterocycles. The number of nitrogens with zero attached hydrogens (tertiary/aromatic N) is 2. The highest BCUT2D eigenvalue weighted by Crippen LogP contribution is 2.23. The van der Waals surface area contributed by atoms with Crippen LogP contribution in [0.3, 0.4) is 0 Å². The van der Waals surface area contributed by atoms with E-state index in [-0.39, 0.29) is 22.1 Å². The highest BCUT2D eigenvalue weighted by molar-refractivity contribution is 6.34. The number of nitrogens with one attached hydrogen (secondary N) is 1. The van der Waals surface area contributed by atoms with Crippen molar-refractivity contribution in [3.63, 3.8) is 0 Å². The van der Waals surface area contributed by atoms with Crippen LogP contribution >= 0.6 is 11.6 Å². The van der Waals surface area contributed by atoms with Crippen LogP contribution in [0.25, 0.3) is 0 Å². The largest absolute Gasteiger partial charge is 0.478 e. The lowest BCUT2D eigenvalue weighted by Gasteiger charge is -2.12.